The van der Waals surface area contributed by atoms with Crippen LogP contribution in [-0.2, 0) is 6.42 Å². The van der Waals surface area contributed by atoms with E-state index in [9.17, 15) is 4.79 Å². The fourth-order valence-electron chi connectivity index (χ4n) is 2.76. The number of hydrogen-bond donors (Lipinski definition) is 1. The van der Waals surface area contributed by atoms with Crippen LogP contribution in [0.3, 0.4) is 0 Å². The Kier molecular flexibility index (Phi) is 2.62. The normalized spacial score (nSPS) is 17.4. The fraction of sp³-hybridized carbons (Fsp3) is 0.375. The van der Waals surface area contributed by atoms with Gasteiger partial charge in [-0.25, -0.2) is 4.98 Å². The predicted octanol–water partition coefficient (Wildman–Crippen LogP) is 2.64. The minimum absolute atomic E-state index is 0.0784. The summed E-state index contributed by atoms with van der Waals surface area (Å²) < 4.78 is 5.81. The van der Waals surface area contributed by atoms with E-state index < -0.39 is 0 Å². The average Bonchev–Trinajstić information content (AvgIpc) is 3.30. The second-order valence-electron chi connectivity index (χ2n) is 5.54. The first-order valence-corrected chi connectivity index (χ1v) is 7.17. The molecule has 0 saturated heterocycles. The maximum absolute atomic E-state index is 11.8. The number of fused-ring (bicyclic) bond motifs is 1. The Hall–Kier alpha value is -2.10. The zero-order valence-electron chi connectivity index (χ0n) is 11.2. The molecule has 1 fully saturated rings. The highest BCUT2D eigenvalue weighted by atomic mass is 16.5. The molecule has 0 radical (unpaired) electrons. The van der Waals surface area contributed by atoms with Gasteiger partial charge < -0.3 is 9.72 Å². The van der Waals surface area contributed by atoms with Crippen LogP contribution in [0.4, 0.5) is 0 Å². The minimum atomic E-state index is -0.0784. The van der Waals surface area contributed by atoms with Gasteiger partial charge in [-0.3, -0.25) is 4.79 Å². The van der Waals surface area contributed by atoms with Gasteiger partial charge in [0.25, 0.3) is 5.56 Å². The highest BCUT2D eigenvalue weighted by molar-refractivity contribution is 5.69. The molecule has 1 aliphatic heterocycles. The summed E-state index contributed by atoms with van der Waals surface area (Å²) >= 11 is 0. The van der Waals surface area contributed by atoms with Crippen LogP contribution in [0.15, 0.2) is 29.1 Å². The maximum atomic E-state index is 11.8. The number of benzene rings is 1. The lowest BCUT2D eigenvalue weighted by Crippen LogP contribution is -2.13. The SMILES string of the molecule is O=c1cc(-c2cccc3c2OCCC3)nc(C2CC2)[nH]1. The molecule has 2 heterocycles. The molecule has 1 saturated carbocycles. The zero-order valence-corrected chi connectivity index (χ0v) is 11.2. The Labute approximate surface area is 116 Å². The van der Waals surface area contributed by atoms with E-state index in [0.29, 0.717) is 5.92 Å². The molecule has 1 aromatic carbocycles. The third kappa shape index (κ3) is 2.01. The molecule has 0 spiro atoms. The molecule has 1 aromatic heterocycles. The van der Waals surface area contributed by atoms with Crippen molar-refractivity contribution >= 4 is 0 Å². The first kappa shape index (κ1) is 11.7. The molecule has 20 heavy (non-hydrogen) atoms. The lowest BCUT2D eigenvalue weighted by Gasteiger charge is -2.20. The second kappa shape index (κ2) is 4.47. The molecule has 2 aromatic rings. The lowest BCUT2D eigenvalue weighted by atomic mass is 10.0. The van der Waals surface area contributed by atoms with Gasteiger partial charge in [0.05, 0.1) is 12.3 Å². The fourth-order valence-corrected chi connectivity index (χ4v) is 2.76. The third-order valence-corrected chi connectivity index (χ3v) is 3.93. The number of ether oxygens (including phenoxy) is 1. The van der Waals surface area contributed by atoms with Crippen LogP contribution < -0.4 is 10.3 Å². The molecule has 2 aliphatic rings. The van der Waals surface area contributed by atoms with Crippen molar-refractivity contribution in [1.29, 1.82) is 0 Å². The summed E-state index contributed by atoms with van der Waals surface area (Å²) in [7, 11) is 0. The number of aryl methyl sites for hydroxylation is 1. The summed E-state index contributed by atoms with van der Waals surface area (Å²) in [5.74, 6) is 2.16. The number of H-pyrrole nitrogens is 1. The average molecular weight is 268 g/mol. The molecule has 1 N–H and O–H groups in total. The van der Waals surface area contributed by atoms with Crippen molar-refractivity contribution in [1.82, 2.24) is 9.97 Å². The highest BCUT2D eigenvalue weighted by Gasteiger charge is 2.27. The highest BCUT2D eigenvalue weighted by Crippen LogP contribution is 2.39. The van der Waals surface area contributed by atoms with Gasteiger partial charge in [0, 0.05) is 17.5 Å². The smallest absolute Gasteiger partial charge is 0.251 e. The van der Waals surface area contributed by atoms with E-state index in [1.807, 2.05) is 12.1 Å². The van der Waals surface area contributed by atoms with E-state index in [-0.39, 0.29) is 5.56 Å². The van der Waals surface area contributed by atoms with Crippen LogP contribution >= 0.6 is 0 Å². The molecule has 0 bridgehead atoms. The number of para-hydroxylation sites is 1. The van der Waals surface area contributed by atoms with Gasteiger partial charge in [-0.2, -0.15) is 0 Å². The van der Waals surface area contributed by atoms with E-state index in [2.05, 4.69) is 16.0 Å². The summed E-state index contributed by atoms with van der Waals surface area (Å²) in [5.41, 5.74) is 2.80. The van der Waals surface area contributed by atoms with Crippen molar-refractivity contribution in [2.45, 2.75) is 31.6 Å². The number of nitrogens with zero attached hydrogens (tertiary/aromatic N) is 1. The van der Waals surface area contributed by atoms with Gasteiger partial charge in [-0.15, -0.1) is 0 Å². The third-order valence-electron chi connectivity index (χ3n) is 3.93. The van der Waals surface area contributed by atoms with E-state index in [1.54, 1.807) is 6.07 Å². The van der Waals surface area contributed by atoms with Gasteiger partial charge in [-0.1, -0.05) is 12.1 Å². The monoisotopic (exact) mass is 268 g/mol. The van der Waals surface area contributed by atoms with Crippen LogP contribution in [0.1, 0.15) is 36.6 Å². The number of rotatable bonds is 2. The maximum Gasteiger partial charge on any atom is 0.251 e. The van der Waals surface area contributed by atoms with Crippen molar-refractivity contribution in [2.24, 2.45) is 0 Å². The van der Waals surface area contributed by atoms with Gasteiger partial charge >= 0.3 is 0 Å². The predicted molar refractivity (Wildman–Crippen MR) is 76.1 cm³/mol. The van der Waals surface area contributed by atoms with Gasteiger partial charge in [0.2, 0.25) is 0 Å². The molecule has 4 heteroatoms. The van der Waals surface area contributed by atoms with Crippen molar-refractivity contribution in [3.63, 3.8) is 0 Å². The molecule has 0 amide bonds. The lowest BCUT2D eigenvalue weighted by molar-refractivity contribution is 0.289. The largest absolute Gasteiger partial charge is 0.493 e. The first-order valence-electron chi connectivity index (χ1n) is 7.17. The standard InChI is InChI=1S/C16H16N2O2/c19-14-9-13(17-16(18-14)11-6-7-11)12-5-1-3-10-4-2-8-20-15(10)12/h1,3,5,9,11H,2,4,6-8H2,(H,17,18,19). The van der Waals surface area contributed by atoms with Crippen molar-refractivity contribution in [2.75, 3.05) is 6.61 Å². The van der Waals surface area contributed by atoms with Crippen LogP contribution in [0.5, 0.6) is 5.75 Å². The van der Waals surface area contributed by atoms with Gasteiger partial charge in [-0.05, 0) is 37.3 Å². The van der Waals surface area contributed by atoms with E-state index in [1.165, 1.54) is 5.56 Å². The van der Waals surface area contributed by atoms with E-state index in [4.69, 9.17) is 4.74 Å². The van der Waals surface area contributed by atoms with Gasteiger partial charge in [0.1, 0.15) is 11.6 Å². The number of hydrogen-bond acceptors (Lipinski definition) is 3. The number of aromatic nitrogens is 2. The summed E-state index contributed by atoms with van der Waals surface area (Å²) in [5, 5.41) is 0. The minimum Gasteiger partial charge on any atom is -0.493 e. The first-order chi connectivity index (χ1) is 9.81. The Bertz CT molecular complexity index is 717. The molecular formula is C16H16N2O2. The molecule has 1 aliphatic carbocycles. The van der Waals surface area contributed by atoms with Crippen LogP contribution in [0.2, 0.25) is 0 Å². The van der Waals surface area contributed by atoms with Crippen LogP contribution in [0.25, 0.3) is 11.3 Å². The summed E-state index contributed by atoms with van der Waals surface area (Å²) in [4.78, 5) is 19.3. The van der Waals surface area contributed by atoms with Crippen molar-refractivity contribution in [3.05, 3.63) is 46.0 Å². The molecule has 0 atom stereocenters. The molecule has 102 valence electrons. The Balaban J connectivity index is 1.86. The molecule has 4 nitrogen and oxygen atoms in total. The Morgan fingerprint density at radius 2 is 2.20 bits per heavy atom. The quantitative estimate of drug-likeness (QED) is 0.911. The van der Waals surface area contributed by atoms with E-state index >= 15 is 0 Å². The Morgan fingerprint density at radius 1 is 1.30 bits per heavy atom. The van der Waals surface area contributed by atoms with Crippen molar-refractivity contribution < 1.29 is 4.74 Å². The van der Waals surface area contributed by atoms with Crippen LogP contribution in [0, 0.1) is 0 Å². The van der Waals surface area contributed by atoms with Crippen molar-refractivity contribution in [3.8, 4) is 17.0 Å². The topological polar surface area (TPSA) is 55.0 Å². The summed E-state index contributed by atoms with van der Waals surface area (Å²) in [6.07, 6.45) is 4.32. The number of nitrogens with one attached hydrogen (secondary N) is 1. The Morgan fingerprint density at radius 3 is 3.05 bits per heavy atom. The van der Waals surface area contributed by atoms with Gasteiger partial charge in [0.15, 0.2) is 0 Å². The number of aromatic amines is 1. The summed E-state index contributed by atoms with van der Waals surface area (Å²) in [6, 6.07) is 7.66. The zero-order chi connectivity index (χ0) is 13.5. The van der Waals surface area contributed by atoms with E-state index in [0.717, 1.165) is 55.1 Å². The van der Waals surface area contributed by atoms with Crippen LogP contribution in [-0.4, -0.2) is 16.6 Å². The molecule has 0 unspecified atom stereocenters. The molecular weight excluding hydrogens is 252 g/mol. The summed E-state index contributed by atoms with van der Waals surface area (Å²) in [6.45, 7) is 0.739. The second-order valence-corrected chi connectivity index (χ2v) is 5.54. The molecule has 4 rings (SSSR count).